The van der Waals surface area contributed by atoms with E-state index in [1.165, 1.54) is 98.7 Å². The lowest BCUT2D eigenvalue weighted by Gasteiger charge is -2.23. The maximum absolute atomic E-state index is 7.27. The lowest BCUT2D eigenvalue weighted by molar-refractivity contribution is 0.507. The third-order valence-corrected chi connectivity index (χ3v) is 16.8. The second-order valence-electron chi connectivity index (χ2n) is 21.1. The van der Waals surface area contributed by atoms with Crippen molar-refractivity contribution in [3.8, 4) is 22.3 Å². The Balaban J connectivity index is 1.31. The number of hydrogen-bond acceptors (Lipinski definition) is 2. The first-order valence-electron chi connectivity index (χ1n) is 25.5. The van der Waals surface area contributed by atoms with Crippen molar-refractivity contribution in [1.82, 2.24) is 0 Å². The Labute approximate surface area is 400 Å². The Kier molecular flexibility index (Phi) is 9.70. The zero-order chi connectivity index (χ0) is 47.0. The van der Waals surface area contributed by atoms with Gasteiger partial charge in [-0.25, -0.2) is 0 Å². The summed E-state index contributed by atoms with van der Waals surface area (Å²) in [5, 5.41) is 16.9. The Bertz CT molecular complexity index is 3720. The van der Waals surface area contributed by atoms with Gasteiger partial charge >= 0.3 is 0 Å². The summed E-state index contributed by atoms with van der Waals surface area (Å²) in [4.78, 5) is 0. The summed E-state index contributed by atoms with van der Waals surface area (Å²) in [5.74, 6) is 0. The SMILES string of the molecule is CCc1cccc(CC)c1-c1cc2c3oc4cc5ccc(C(C)(C)CC)cc5cc4c3cc3c(-c4c(CC)cccc4CC)cc4c5oc6cc7ccc(C(C)(C)CC)cc7cc6c5cc1c4c32. The zero-order valence-electron chi connectivity index (χ0n) is 41.6. The molecule has 0 aliphatic rings. The van der Waals surface area contributed by atoms with E-state index in [4.69, 9.17) is 8.83 Å². The minimum Gasteiger partial charge on any atom is -0.455 e. The monoisotopic (exact) mass is 886 g/mol. The molecule has 0 saturated heterocycles. The van der Waals surface area contributed by atoms with Gasteiger partial charge in [0.05, 0.1) is 0 Å². The van der Waals surface area contributed by atoms with Crippen LogP contribution in [0.15, 0.2) is 130 Å². The van der Waals surface area contributed by atoms with Crippen LogP contribution in [0.1, 0.15) is 115 Å². The van der Waals surface area contributed by atoms with Gasteiger partial charge in [-0.1, -0.05) is 142 Å². The Morgan fingerprint density at radius 1 is 0.353 bits per heavy atom. The van der Waals surface area contributed by atoms with Gasteiger partial charge in [-0.05, 0) is 186 Å². The van der Waals surface area contributed by atoms with E-state index >= 15 is 0 Å². The predicted molar refractivity (Wildman–Crippen MR) is 295 cm³/mol. The van der Waals surface area contributed by atoms with E-state index in [-0.39, 0.29) is 10.8 Å². The van der Waals surface area contributed by atoms with Crippen LogP contribution in [0.25, 0.3) is 120 Å². The van der Waals surface area contributed by atoms with E-state index in [0.29, 0.717) is 0 Å². The first kappa shape index (κ1) is 42.7. The third-order valence-electron chi connectivity index (χ3n) is 16.8. The minimum atomic E-state index is 0.0840. The molecule has 0 bridgehead atoms. The molecule has 0 atom stereocenters. The van der Waals surface area contributed by atoms with E-state index in [0.717, 1.165) is 93.2 Å². The van der Waals surface area contributed by atoms with Gasteiger partial charge in [0.25, 0.3) is 0 Å². The quantitative estimate of drug-likeness (QED) is 0.128. The molecule has 0 spiro atoms. The lowest BCUT2D eigenvalue weighted by Crippen LogP contribution is -2.15. The number of rotatable bonds is 10. The zero-order valence-corrected chi connectivity index (χ0v) is 41.6. The van der Waals surface area contributed by atoms with E-state index in [1.807, 2.05) is 0 Å². The van der Waals surface area contributed by atoms with Crippen LogP contribution in [0.5, 0.6) is 0 Å². The van der Waals surface area contributed by atoms with Crippen molar-refractivity contribution >= 4 is 97.7 Å². The molecule has 0 amide bonds. The molecule has 0 saturated carbocycles. The average Bonchev–Trinajstić information content (AvgIpc) is 3.91. The highest BCUT2D eigenvalue weighted by Crippen LogP contribution is 2.53. The molecule has 2 heterocycles. The Morgan fingerprint density at radius 3 is 1.09 bits per heavy atom. The summed E-state index contributed by atoms with van der Waals surface area (Å²) in [6.45, 7) is 23.2. The fraction of sp³-hybridized carbons (Fsp3) is 0.273. The lowest BCUT2D eigenvalue weighted by atomic mass is 9.80. The molecule has 0 N–H and O–H groups in total. The molecule has 68 heavy (non-hydrogen) atoms. The number of benzene rings is 10. The molecular formula is C66H62O2. The average molecular weight is 887 g/mol. The number of fused-ring (bicyclic) bond motifs is 10. The highest BCUT2D eigenvalue weighted by molar-refractivity contribution is 6.39. The van der Waals surface area contributed by atoms with Crippen molar-refractivity contribution < 1.29 is 8.83 Å². The summed E-state index contributed by atoms with van der Waals surface area (Å²) in [6, 6.07) is 47.2. The molecule has 0 unspecified atom stereocenters. The summed E-state index contributed by atoms with van der Waals surface area (Å²) in [6.07, 6.45) is 5.92. The topological polar surface area (TPSA) is 26.3 Å². The summed E-state index contributed by atoms with van der Waals surface area (Å²) < 4.78 is 14.5. The van der Waals surface area contributed by atoms with Crippen molar-refractivity contribution in [1.29, 1.82) is 0 Å². The molecule has 2 nitrogen and oxygen atoms in total. The van der Waals surface area contributed by atoms with Gasteiger partial charge in [0, 0.05) is 43.1 Å². The van der Waals surface area contributed by atoms with Crippen molar-refractivity contribution in [3.05, 3.63) is 155 Å². The van der Waals surface area contributed by atoms with Crippen LogP contribution in [-0.4, -0.2) is 0 Å². The van der Waals surface area contributed by atoms with Gasteiger partial charge in [-0.15, -0.1) is 0 Å². The maximum atomic E-state index is 7.27. The van der Waals surface area contributed by atoms with Gasteiger partial charge in [-0.3, -0.25) is 0 Å². The highest BCUT2D eigenvalue weighted by atomic mass is 16.3. The van der Waals surface area contributed by atoms with Gasteiger partial charge in [-0.2, -0.15) is 0 Å². The van der Waals surface area contributed by atoms with Crippen molar-refractivity contribution in [2.45, 2.75) is 119 Å². The molecule has 0 aliphatic heterocycles. The van der Waals surface area contributed by atoms with E-state index in [9.17, 15) is 0 Å². The van der Waals surface area contributed by atoms with Gasteiger partial charge in [0.1, 0.15) is 22.3 Å². The molecule has 0 fully saturated rings. The Hall–Kier alpha value is -6.64. The van der Waals surface area contributed by atoms with Crippen LogP contribution >= 0.6 is 0 Å². The molecule has 0 radical (unpaired) electrons. The summed E-state index contributed by atoms with van der Waals surface area (Å²) in [5.41, 5.74) is 17.4. The van der Waals surface area contributed by atoms with Crippen molar-refractivity contribution in [3.63, 3.8) is 0 Å². The number of furan rings is 2. The second-order valence-corrected chi connectivity index (χ2v) is 21.1. The molecule has 12 aromatic rings. The molecule has 2 heteroatoms. The van der Waals surface area contributed by atoms with Gasteiger partial charge in [0.2, 0.25) is 0 Å². The first-order valence-corrected chi connectivity index (χ1v) is 25.5. The van der Waals surface area contributed by atoms with Gasteiger partial charge in [0.15, 0.2) is 0 Å². The molecule has 338 valence electrons. The van der Waals surface area contributed by atoms with E-state index in [1.54, 1.807) is 0 Å². The fourth-order valence-electron chi connectivity index (χ4n) is 11.9. The summed E-state index contributed by atoms with van der Waals surface area (Å²) in [7, 11) is 0. The normalized spacial score (nSPS) is 12.9. The third kappa shape index (κ3) is 6.15. The van der Waals surface area contributed by atoms with Crippen LogP contribution in [0, 0.1) is 0 Å². The molecular weight excluding hydrogens is 825 g/mol. The molecule has 0 aliphatic carbocycles. The first-order chi connectivity index (χ1) is 32.9. The molecule has 10 aromatic carbocycles. The predicted octanol–water partition coefficient (Wildman–Crippen LogP) is 19.6. The number of hydrogen-bond donors (Lipinski definition) is 0. The van der Waals surface area contributed by atoms with Crippen LogP contribution in [-0.2, 0) is 36.5 Å². The Morgan fingerprint density at radius 2 is 0.735 bits per heavy atom. The van der Waals surface area contributed by atoms with Crippen LogP contribution in [0.2, 0.25) is 0 Å². The van der Waals surface area contributed by atoms with E-state index in [2.05, 4.69) is 191 Å². The van der Waals surface area contributed by atoms with Gasteiger partial charge < -0.3 is 8.83 Å². The smallest absolute Gasteiger partial charge is 0.143 e. The van der Waals surface area contributed by atoms with Crippen LogP contribution in [0.4, 0.5) is 0 Å². The highest BCUT2D eigenvalue weighted by Gasteiger charge is 2.28. The van der Waals surface area contributed by atoms with Crippen LogP contribution in [0.3, 0.4) is 0 Å². The minimum absolute atomic E-state index is 0.0840. The van der Waals surface area contributed by atoms with E-state index < -0.39 is 0 Å². The fourth-order valence-corrected chi connectivity index (χ4v) is 11.9. The van der Waals surface area contributed by atoms with Crippen LogP contribution < -0.4 is 0 Å². The van der Waals surface area contributed by atoms with Crippen molar-refractivity contribution in [2.24, 2.45) is 0 Å². The maximum Gasteiger partial charge on any atom is 0.143 e. The number of aryl methyl sites for hydroxylation is 4. The standard InChI is InChI=1S/C66H62O2/c1-11-37-19-17-20-38(12-2)59(37)49-35-55-62-52(34-54-48-30-44-28-46(66(9,10)16-6)26-24-42(44)32-58(48)67-63(54)55)50(60-39(13-3)21-18-22-40(60)14-4)36-56-61(62)51(49)33-53-47-29-43-27-45(65(7,8)15-5)25-23-41(43)31-57(47)68-64(53)56/h17-36H,11-16H2,1-10H3. The largest absolute Gasteiger partial charge is 0.455 e. The molecule has 12 rings (SSSR count). The second kappa shape index (κ2) is 15.4. The summed E-state index contributed by atoms with van der Waals surface area (Å²) >= 11 is 0. The molecule has 2 aromatic heterocycles. The van der Waals surface area contributed by atoms with Crippen molar-refractivity contribution in [2.75, 3.05) is 0 Å².